The molecule has 0 radical (unpaired) electrons. The van der Waals surface area contributed by atoms with Crippen molar-refractivity contribution in [2.75, 3.05) is 7.11 Å². The highest BCUT2D eigenvalue weighted by Crippen LogP contribution is 2.30. The Morgan fingerprint density at radius 2 is 2.00 bits per heavy atom. The second-order valence-electron chi connectivity index (χ2n) is 5.65. The van der Waals surface area contributed by atoms with E-state index >= 15 is 0 Å². The van der Waals surface area contributed by atoms with Crippen LogP contribution in [0.5, 0.6) is 5.75 Å². The summed E-state index contributed by atoms with van der Waals surface area (Å²) in [6.45, 7) is 1.85. The Kier molecular flexibility index (Phi) is 4.79. The van der Waals surface area contributed by atoms with E-state index in [1.807, 2.05) is 13.0 Å². The highest BCUT2D eigenvalue weighted by Gasteiger charge is 2.15. The molecule has 6 heteroatoms. The van der Waals surface area contributed by atoms with Crippen LogP contribution in [-0.4, -0.2) is 23.2 Å². The van der Waals surface area contributed by atoms with Crippen molar-refractivity contribution >= 4 is 5.91 Å². The van der Waals surface area contributed by atoms with E-state index < -0.39 is 0 Å². The molecule has 2 N–H and O–H groups in total. The first-order valence-electron chi connectivity index (χ1n) is 7.82. The summed E-state index contributed by atoms with van der Waals surface area (Å²) in [6.07, 6.45) is 3.45. The van der Waals surface area contributed by atoms with Gasteiger partial charge in [0.25, 0.3) is 5.91 Å². The number of ether oxygens (including phenoxy) is 1. The SMILES string of the molecule is COc1cc(C(=O)N[C@H](C)c2ccc(F)cc2)ccc1-c1cn[nH]c1. The molecule has 0 aliphatic heterocycles. The van der Waals surface area contributed by atoms with Gasteiger partial charge in [-0.05, 0) is 42.8 Å². The van der Waals surface area contributed by atoms with Gasteiger partial charge in [0, 0.05) is 22.9 Å². The van der Waals surface area contributed by atoms with Gasteiger partial charge in [0.2, 0.25) is 0 Å². The smallest absolute Gasteiger partial charge is 0.251 e. The summed E-state index contributed by atoms with van der Waals surface area (Å²) < 4.78 is 18.4. The van der Waals surface area contributed by atoms with Crippen molar-refractivity contribution in [3.63, 3.8) is 0 Å². The summed E-state index contributed by atoms with van der Waals surface area (Å²) in [5.74, 6) is 0.0548. The molecule has 0 bridgehead atoms. The molecule has 128 valence electrons. The third-order valence-corrected chi connectivity index (χ3v) is 3.99. The van der Waals surface area contributed by atoms with Crippen LogP contribution in [0, 0.1) is 5.82 Å². The van der Waals surface area contributed by atoms with Gasteiger partial charge in [-0.3, -0.25) is 9.89 Å². The lowest BCUT2D eigenvalue weighted by atomic mass is 10.0. The Hall–Kier alpha value is -3.15. The number of rotatable bonds is 5. The van der Waals surface area contributed by atoms with Gasteiger partial charge in [0.05, 0.1) is 19.3 Å². The molecule has 0 unspecified atom stereocenters. The highest BCUT2D eigenvalue weighted by atomic mass is 19.1. The molecule has 0 aliphatic carbocycles. The molecular weight excluding hydrogens is 321 g/mol. The van der Waals surface area contributed by atoms with E-state index in [4.69, 9.17) is 4.74 Å². The fourth-order valence-corrected chi connectivity index (χ4v) is 2.58. The molecule has 25 heavy (non-hydrogen) atoms. The van der Waals surface area contributed by atoms with Crippen LogP contribution in [-0.2, 0) is 0 Å². The third kappa shape index (κ3) is 3.68. The van der Waals surface area contributed by atoms with Crippen LogP contribution < -0.4 is 10.1 Å². The summed E-state index contributed by atoms with van der Waals surface area (Å²) in [6, 6.07) is 11.1. The van der Waals surface area contributed by atoms with E-state index in [9.17, 15) is 9.18 Å². The molecular formula is C19H18FN3O2. The molecule has 3 aromatic rings. The summed E-state index contributed by atoms with van der Waals surface area (Å²) in [4.78, 5) is 12.5. The predicted molar refractivity (Wildman–Crippen MR) is 92.9 cm³/mol. The molecule has 0 fully saturated rings. The maximum atomic E-state index is 13.0. The van der Waals surface area contributed by atoms with Crippen LogP contribution in [0.2, 0.25) is 0 Å². The van der Waals surface area contributed by atoms with E-state index in [-0.39, 0.29) is 17.8 Å². The van der Waals surface area contributed by atoms with Crippen LogP contribution in [0.3, 0.4) is 0 Å². The topological polar surface area (TPSA) is 67.0 Å². The van der Waals surface area contributed by atoms with E-state index in [2.05, 4.69) is 15.5 Å². The number of carbonyl (C=O) groups is 1. The molecule has 5 nitrogen and oxygen atoms in total. The Labute approximate surface area is 144 Å². The molecule has 1 aromatic heterocycles. The monoisotopic (exact) mass is 339 g/mol. The minimum Gasteiger partial charge on any atom is -0.496 e. The Morgan fingerprint density at radius 1 is 1.24 bits per heavy atom. The van der Waals surface area contributed by atoms with E-state index in [0.29, 0.717) is 11.3 Å². The number of methoxy groups -OCH3 is 1. The van der Waals surface area contributed by atoms with E-state index in [0.717, 1.165) is 16.7 Å². The molecule has 1 atom stereocenters. The largest absolute Gasteiger partial charge is 0.496 e. The Bertz CT molecular complexity index is 861. The predicted octanol–water partition coefficient (Wildman–Crippen LogP) is 3.72. The van der Waals surface area contributed by atoms with Gasteiger partial charge in [0.1, 0.15) is 11.6 Å². The zero-order valence-corrected chi connectivity index (χ0v) is 13.9. The standard InChI is InChI=1S/C19H18FN3O2/c1-12(13-3-6-16(20)7-4-13)23-19(24)14-5-8-17(18(9-14)25-2)15-10-21-22-11-15/h3-12H,1-2H3,(H,21,22)(H,23,24)/t12-/m1/s1. The number of aromatic nitrogens is 2. The van der Waals surface area contributed by atoms with Crippen molar-refractivity contribution in [2.45, 2.75) is 13.0 Å². The number of amides is 1. The van der Waals surface area contributed by atoms with Crippen molar-refractivity contribution in [3.05, 3.63) is 71.8 Å². The second-order valence-corrected chi connectivity index (χ2v) is 5.65. The van der Waals surface area contributed by atoms with Gasteiger partial charge in [0.15, 0.2) is 0 Å². The average molecular weight is 339 g/mol. The summed E-state index contributed by atoms with van der Waals surface area (Å²) in [7, 11) is 1.56. The highest BCUT2D eigenvalue weighted by molar-refractivity contribution is 5.95. The molecule has 0 aliphatic rings. The van der Waals surface area contributed by atoms with Gasteiger partial charge < -0.3 is 10.1 Å². The minimum atomic E-state index is -0.304. The van der Waals surface area contributed by atoms with Gasteiger partial charge >= 0.3 is 0 Å². The maximum absolute atomic E-state index is 13.0. The Morgan fingerprint density at radius 3 is 2.64 bits per heavy atom. The van der Waals surface area contributed by atoms with Crippen molar-refractivity contribution in [1.29, 1.82) is 0 Å². The molecule has 1 amide bonds. The van der Waals surface area contributed by atoms with Crippen LogP contribution in [0.15, 0.2) is 54.9 Å². The average Bonchev–Trinajstić information content (AvgIpc) is 3.16. The summed E-state index contributed by atoms with van der Waals surface area (Å²) >= 11 is 0. The lowest BCUT2D eigenvalue weighted by Crippen LogP contribution is -2.26. The molecule has 3 rings (SSSR count). The number of hydrogen-bond donors (Lipinski definition) is 2. The van der Waals surface area contributed by atoms with Gasteiger partial charge in [-0.25, -0.2) is 4.39 Å². The number of aromatic amines is 1. The fraction of sp³-hybridized carbons (Fsp3) is 0.158. The fourth-order valence-electron chi connectivity index (χ4n) is 2.58. The number of nitrogens with one attached hydrogen (secondary N) is 2. The summed E-state index contributed by atoms with van der Waals surface area (Å²) in [5.41, 5.74) is 3.04. The maximum Gasteiger partial charge on any atom is 0.251 e. The van der Waals surface area contributed by atoms with Gasteiger partial charge in [-0.2, -0.15) is 5.10 Å². The minimum absolute atomic E-state index is 0.228. The first-order valence-corrected chi connectivity index (χ1v) is 7.82. The Balaban J connectivity index is 1.79. The molecule has 2 aromatic carbocycles. The number of H-pyrrole nitrogens is 1. The van der Waals surface area contributed by atoms with Crippen molar-refractivity contribution in [1.82, 2.24) is 15.5 Å². The van der Waals surface area contributed by atoms with Crippen molar-refractivity contribution < 1.29 is 13.9 Å². The zero-order chi connectivity index (χ0) is 17.8. The zero-order valence-electron chi connectivity index (χ0n) is 13.9. The number of halogens is 1. The normalized spacial score (nSPS) is 11.8. The molecule has 0 saturated carbocycles. The first kappa shape index (κ1) is 16.7. The van der Waals surface area contributed by atoms with E-state index in [1.165, 1.54) is 12.1 Å². The number of hydrogen-bond acceptors (Lipinski definition) is 3. The number of carbonyl (C=O) groups excluding carboxylic acids is 1. The van der Waals surface area contributed by atoms with Crippen molar-refractivity contribution in [3.8, 4) is 16.9 Å². The van der Waals surface area contributed by atoms with Crippen LogP contribution in [0.1, 0.15) is 28.9 Å². The van der Waals surface area contributed by atoms with Crippen LogP contribution >= 0.6 is 0 Å². The lowest BCUT2D eigenvalue weighted by Gasteiger charge is -2.15. The quantitative estimate of drug-likeness (QED) is 0.744. The lowest BCUT2D eigenvalue weighted by molar-refractivity contribution is 0.0939. The summed E-state index contributed by atoms with van der Waals surface area (Å²) in [5, 5.41) is 9.58. The van der Waals surface area contributed by atoms with Gasteiger partial charge in [-0.15, -0.1) is 0 Å². The molecule has 1 heterocycles. The van der Waals surface area contributed by atoms with Crippen molar-refractivity contribution in [2.24, 2.45) is 0 Å². The third-order valence-electron chi connectivity index (χ3n) is 3.99. The number of benzene rings is 2. The molecule has 0 saturated heterocycles. The van der Waals surface area contributed by atoms with Crippen LogP contribution in [0.4, 0.5) is 4.39 Å². The molecule has 0 spiro atoms. The van der Waals surface area contributed by atoms with E-state index in [1.54, 1.807) is 43.8 Å². The van der Waals surface area contributed by atoms with Gasteiger partial charge in [-0.1, -0.05) is 12.1 Å². The number of nitrogens with zero attached hydrogens (tertiary/aromatic N) is 1. The first-order chi connectivity index (χ1) is 12.1. The second kappa shape index (κ2) is 7.17. The van der Waals surface area contributed by atoms with Crippen LogP contribution in [0.25, 0.3) is 11.1 Å².